The van der Waals surface area contributed by atoms with E-state index in [-0.39, 0.29) is 23.6 Å². The lowest BCUT2D eigenvalue weighted by Gasteiger charge is -2.27. The summed E-state index contributed by atoms with van der Waals surface area (Å²) in [6, 6.07) is 8.21. The zero-order valence-electron chi connectivity index (χ0n) is 24.8. The third-order valence-corrected chi connectivity index (χ3v) is 7.66. The lowest BCUT2D eigenvalue weighted by atomic mass is 10.1. The van der Waals surface area contributed by atoms with Crippen LogP contribution < -0.4 is 24.8 Å². The van der Waals surface area contributed by atoms with E-state index in [1.54, 1.807) is 12.3 Å². The molecule has 0 aliphatic carbocycles. The molecule has 48 heavy (non-hydrogen) atoms. The summed E-state index contributed by atoms with van der Waals surface area (Å²) in [5.41, 5.74) is -1.72. The highest BCUT2D eigenvalue weighted by Gasteiger charge is 2.44. The van der Waals surface area contributed by atoms with Gasteiger partial charge in [-0.25, -0.2) is 9.37 Å². The van der Waals surface area contributed by atoms with E-state index in [1.165, 1.54) is 19.2 Å². The van der Waals surface area contributed by atoms with Crippen LogP contribution in [-0.4, -0.2) is 64.5 Å². The number of ether oxygens (including phenoxy) is 3. The molecule has 3 aromatic carbocycles. The van der Waals surface area contributed by atoms with Crippen LogP contribution in [0.25, 0.3) is 11.3 Å². The van der Waals surface area contributed by atoms with E-state index in [1.807, 2.05) is 9.47 Å². The minimum absolute atomic E-state index is 0.00488. The van der Waals surface area contributed by atoms with Crippen molar-refractivity contribution in [3.05, 3.63) is 83.1 Å². The van der Waals surface area contributed by atoms with Crippen LogP contribution in [-0.2, 0) is 19.3 Å². The van der Waals surface area contributed by atoms with Gasteiger partial charge in [-0.05, 0) is 42.5 Å². The Morgan fingerprint density at radius 2 is 1.73 bits per heavy atom. The van der Waals surface area contributed by atoms with Crippen molar-refractivity contribution >= 4 is 23.2 Å². The average Bonchev–Trinajstić information content (AvgIpc) is 3.59. The Hall–Kier alpha value is -5.29. The molecule has 6 rings (SSSR count). The van der Waals surface area contributed by atoms with Crippen molar-refractivity contribution in [1.29, 1.82) is 0 Å². The predicted molar refractivity (Wildman–Crippen MR) is 157 cm³/mol. The number of carbonyl (C=O) groups is 2. The second-order valence-electron chi connectivity index (χ2n) is 10.7. The number of β-amino-alcohol motifs (C(OH)–C–C–N with tert-alkyl or cyclic N) is 1. The first kappa shape index (κ1) is 32.6. The molecule has 17 heteroatoms. The van der Waals surface area contributed by atoms with Gasteiger partial charge in [0, 0.05) is 37.0 Å². The fourth-order valence-electron chi connectivity index (χ4n) is 5.41. The van der Waals surface area contributed by atoms with Crippen LogP contribution in [0.5, 0.6) is 17.2 Å². The minimum atomic E-state index is -5.07. The first-order chi connectivity index (χ1) is 22.8. The maximum absolute atomic E-state index is 13.9. The van der Waals surface area contributed by atoms with Crippen molar-refractivity contribution in [3.8, 4) is 28.5 Å². The molecule has 0 saturated heterocycles. The molecule has 2 aliphatic heterocycles. The van der Waals surface area contributed by atoms with E-state index in [2.05, 4.69) is 25.1 Å². The molecule has 0 spiro atoms. The predicted octanol–water partition coefficient (Wildman–Crippen LogP) is 5.35. The molecule has 3 heterocycles. The number of aliphatic hydroxyl groups excluding tert-OH is 1. The monoisotopic (exact) mass is 677 g/mol. The number of nitrogens with zero attached hydrogens (tertiary/aromatic N) is 3. The van der Waals surface area contributed by atoms with Crippen LogP contribution in [0.4, 0.5) is 37.7 Å². The molecule has 0 atom stereocenters. The Morgan fingerprint density at radius 1 is 1.00 bits per heavy atom. The summed E-state index contributed by atoms with van der Waals surface area (Å²) in [4.78, 5) is 33.5. The van der Waals surface area contributed by atoms with E-state index in [4.69, 9.17) is 4.74 Å². The van der Waals surface area contributed by atoms with E-state index in [9.17, 15) is 41.0 Å². The summed E-state index contributed by atoms with van der Waals surface area (Å²) in [7, 11) is 1.32. The number of hydrogen-bond donors (Lipinski definition) is 3. The van der Waals surface area contributed by atoms with Gasteiger partial charge in [-0.15, -0.1) is 8.78 Å². The molecule has 2 aliphatic rings. The van der Waals surface area contributed by atoms with Gasteiger partial charge in [0.15, 0.2) is 11.5 Å². The first-order valence-electron chi connectivity index (χ1n) is 14.3. The Kier molecular flexibility index (Phi) is 8.42. The molecule has 0 radical (unpaired) electrons. The van der Waals surface area contributed by atoms with Crippen LogP contribution in [0.2, 0.25) is 0 Å². The Morgan fingerprint density at radius 3 is 2.44 bits per heavy atom. The summed E-state index contributed by atoms with van der Waals surface area (Å²) >= 11 is 0. The second kappa shape index (κ2) is 12.4. The Labute approximate surface area is 267 Å². The smallest absolute Gasteiger partial charge is 0.496 e. The van der Waals surface area contributed by atoms with Gasteiger partial charge in [0.2, 0.25) is 0 Å². The number of fused-ring (bicyclic) bond motifs is 2. The summed E-state index contributed by atoms with van der Waals surface area (Å²) < 4.78 is 97.7. The van der Waals surface area contributed by atoms with Gasteiger partial charge in [0.05, 0.1) is 54.5 Å². The highest BCUT2D eigenvalue weighted by atomic mass is 19.4. The van der Waals surface area contributed by atoms with Gasteiger partial charge in [-0.3, -0.25) is 14.5 Å². The molecule has 0 saturated carbocycles. The van der Waals surface area contributed by atoms with E-state index >= 15 is 0 Å². The topological polar surface area (TPSA) is 127 Å². The van der Waals surface area contributed by atoms with Crippen molar-refractivity contribution in [2.75, 3.05) is 37.4 Å². The number of amides is 2. The van der Waals surface area contributed by atoms with Crippen LogP contribution in [0.1, 0.15) is 32.1 Å². The maximum Gasteiger partial charge on any atom is 0.586 e. The largest absolute Gasteiger partial charge is 0.586 e. The standard InChI is InChI=1S/C31H25F6N5O6/c1-46-24-5-2-16(23-14-38-27-15-41(8-9-43)6-7-42(23)27)10-19(24)29(45)40-22-13-26-25(47-31(36,37)48-26)12-18(22)28(44)39-17-3-4-21(32)20(11-17)30(33,34)35/h2-5,10-14,43H,6-9,15H2,1H3,(H,39,44)(H,40,45). The third-order valence-electron chi connectivity index (χ3n) is 7.66. The quantitative estimate of drug-likeness (QED) is 0.213. The number of hydrogen-bond acceptors (Lipinski definition) is 8. The van der Waals surface area contributed by atoms with Crippen molar-refractivity contribution in [2.45, 2.75) is 25.6 Å². The number of imidazole rings is 1. The molecule has 4 aromatic rings. The van der Waals surface area contributed by atoms with Crippen LogP contribution in [0.15, 0.2) is 54.7 Å². The van der Waals surface area contributed by atoms with Crippen molar-refractivity contribution < 1.29 is 55.2 Å². The Balaban J connectivity index is 1.33. The van der Waals surface area contributed by atoms with Gasteiger partial charge < -0.3 is 34.5 Å². The zero-order valence-corrected chi connectivity index (χ0v) is 24.8. The summed E-state index contributed by atoms with van der Waals surface area (Å²) in [6.45, 7) is 2.23. The van der Waals surface area contributed by atoms with E-state index in [0.717, 1.165) is 24.0 Å². The highest BCUT2D eigenvalue weighted by Crippen LogP contribution is 2.44. The van der Waals surface area contributed by atoms with Gasteiger partial charge in [-0.1, -0.05) is 0 Å². The number of nitrogens with one attached hydrogen (secondary N) is 2. The van der Waals surface area contributed by atoms with Gasteiger partial charge in [0.1, 0.15) is 17.4 Å². The number of aromatic nitrogens is 2. The van der Waals surface area contributed by atoms with Gasteiger partial charge in [0.25, 0.3) is 11.8 Å². The fourth-order valence-corrected chi connectivity index (χ4v) is 5.41. The van der Waals surface area contributed by atoms with Crippen molar-refractivity contribution in [1.82, 2.24) is 14.5 Å². The summed E-state index contributed by atoms with van der Waals surface area (Å²) in [5, 5.41) is 13.9. The molecular weight excluding hydrogens is 652 g/mol. The summed E-state index contributed by atoms with van der Waals surface area (Å²) in [5.74, 6) is -3.81. The molecule has 2 amide bonds. The minimum Gasteiger partial charge on any atom is -0.496 e. The average molecular weight is 678 g/mol. The lowest BCUT2D eigenvalue weighted by Crippen LogP contribution is -2.35. The zero-order chi connectivity index (χ0) is 34.4. The fraction of sp³-hybridized carbons (Fsp3) is 0.258. The normalized spacial score (nSPS) is 15.2. The van der Waals surface area contributed by atoms with E-state index in [0.29, 0.717) is 49.6 Å². The lowest BCUT2D eigenvalue weighted by molar-refractivity contribution is -0.286. The molecule has 11 nitrogen and oxygen atoms in total. The number of anilines is 2. The SMILES string of the molecule is COc1ccc(-c2cnc3n2CCN(CCO)C3)cc1C(=O)Nc1cc2c(cc1C(=O)Nc1ccc(F)c(C(F)(F)F)c1)OC(F)(F)O2. The molecular formula is C31H25F6N5O6. The van der Waals surface area contributed by atoms with Crippen LogP contribution in [0, 0.1) is 5.82 Å². The molecule has 3 N–H and O–H groups in total. The molecule has 0 bridgehead atoms. The Bertz CT molecular complexity index is 1910. The number of methoxy groups -OCH3 is 1. The number of benzene rings is 3. The highest BCUT2D eigenvalue weighted by molar-refractivity contribution is 6.14. The molecule has 1 aromatic heterocycles. The third kappa shape index (κ3) is 6.46. The molecule has 252 valence electrons. The van der Waals surface area contributed by atoms with Crippen molar-refractivity contribution in [3.63, 3.8) is 0 Å². The van der Waals surface area contributed by atoms with Crippen LogP contribution >= 0.6 is 0 Å². The molecule has 0 unspecified atom stereocenters. The number of halogens is 6. The van der Waals surface area contributed by atoms with Gasteiger partial charge >= 0.3 is 12.5 Å². The number of carbonyl (C=O) groups excluding carboxylic acids is 2. The number of rotatable bonds is 8. The summed E-state index contributed by atoms with van der Waals surface area (Å²) in [6.07, 6.45) is -7.53. The van der Waals surface area contributed by atoms with Crippen molar-refractivity contribution in [2.24, 2.45) is 0 Å². The second-order valence-corrected chi connectivity index (χ2v) is 10.7. The first-order valence-corrected chi connectivity index (χ1v) is 14.3. The number of aliphatic hydroxyl groups is 1. The maximum atomic E-state index is 13.9. The number of alkyl halides is 5. The van der Waals surface area contributed by atoms with Gasteiger partial charge in [-0.2, -0.15) is 13.2 Å². The van der Waals surface area contributed by atoms with E-state index < -0.39 is 58.4 Å². The molecule has 0 fully saturated rings. The van der Waals surface area contributed by atoms with Crippen LogP contribution in [0.3, 0.4) is 0 Å².